The first-order valence-electron chi connectivity index (χ1n) is 6.42. The van der Waals surface area contributed by atoms with Crippen molar-refractivity contribution in [1.29, 1.82) is 0 Å². The minimum atomic E-state index is 0.394. The highest BCUT2D eigenvalue weighted by Gasteiger charge is 2.23. The standard InChI is InChI=1S/C14H19NO2/c1-9-6-11-7-13-14(17-5-3-4-16-13)8-12(11)10(2)15-9/h7-10,15H,3-6H2,1-2H3. The van der Waals surface area contributed by atoms with Crippen LogP contribution in [-0.2, 0) is 6.42 Å². The quantitative estimate of drug-likeness (QED) is 0.746. The van der Waals surface area contributed by atoms with Crippen LogP contribution >= 0.6 is 0 Å². The molecule has 3 nitrogen and oxygen atoms in total. The van der Waals surface area contributed by atoms with E-state index in [1.807, 2.05) is 0 Å². The van der Waals surface area contributed by atoms with E-state index in [2.05, 4.69) is 31.3 Å². The molecule has 3 heteroatoms. The predicted octanol–water partition coefficient (Wildman–Crippen LogP) is 2.44. The van der Waals surface area contributed by atoms with Crippen LogP contribution in [0.25, 0.3) is 0 Å². The third kappa shape index (κ3) is 2.00. The van der Waals surface area contributed by atoms with Gasteiger partial charge in [0.2, 0.25) is 0 Å². The maximum Gasteiger partial charge on any atom is 0.161 e. The molecule has 0 spiro atoms. The van der Waals surface area contributed by atoms with Gasteiger partial charge in [0.05, 0.1) is 13.2 Å². The second kappa shape index (κ2) is 4.22. The molecule has 0 bridgehead atoms. The highest BCUT2D eigenvalue weighted by Crippen LogP contribution is 2.37. The zero-order valence-electron chi connectivity index (χ0n) is 10.5. The van der Waals surface area contributed by atoms with E-state index in [9.17, 15) is 0 Å². The number of ether oxygens (including phenoxy) is 2. The maximum atomic E-state index is 5.74. The lowest BCUT2D eigenvalue weighted by molar-refractivity contribution is 0.297. The van der Waals surface area contributed by atoms with Crippen molar-refractivity contribution in [2.45, 2.75) is 38.8 Å². The molecule has 17 heavy (non-hydrogen) atoms. The summed E-state index contributed by atoms with van der Waals surface area (Å²) in [7, 11) is 0. The largest absolute Gasteiger partial charge is 0.490 e. The molecule has 2 unspecified atom stereocenters. The first-order valence-corrected chi connectivity index (χ1v) is 6.42. The lowest BCUT2D eigenvalue weighted by Crippen LogP contribution is -2.35. The summed E-state index contributed by atoms with van der Waals surface area (Å²) < 4.78 is 11.5. The van der Waals surface area contributed by atoms with Crippen LogP contribution < -0.4 is 14.8 Å². The summed E-state index contributed by atoms with van der Waals surface area (Å²) in [5.74, 6) is 1.83. The number of benzene rings is 1. The van der Waals surface area contributed by atoms with Gasteiger partial charge in [-0.2, -0.15) is 0 Å². The number of nitrogens with one attached hydrogen (secondary N) is 1. The molecule has 2 atom stereocenters. The summed E-state index contributed by atoms with van der Waals surface area (Å²) in [4.78, 5) is 0. The Balaban J connectivity index is 2.03. The van der Waals surface area contributed by atoms with Crippen LogP contribution in [0.3, 0.4) is 0 Å². The Morgan fingerprint density at radius 1 is 1.12 bits per heavy atom. The lowest BCUT2D eigenvalue weighted by Gasteiger charge is -2.30. The van der Waals surface area contributed by atoms with Crippen molar-refractivity contribution in [3.8, 4) is 11.5 Å². The Morgan fingerprint density at radius 2 is 1.82 bits per heavy atom. The van der Waals surface area contributed by atoms with E-state index in [0.29, 0.717) is 12.1 Å². The number of fused-ring (bicyclic) bond motifs is 2. The van der Waals surface area contributed by atoms with Crippen molar-refractivity contribution >= 4 is 0 Å². The van der Waals surface area contributed by atoms with Crippen molar-refractivity contribution in [3.05, 3.63) is 23.3 Å². The van der Waals surface area contributed by atoms with Crippen molar-refractivity contribution in [3.63, 3.8) is 0 Å². The zero-order valence-corrected chi connectivity index (χ0v) is 10.5. The van der Waals surface area contributed by atoms with E-state index in [1.54, 1.807) is 0 Å². The average Bonchev–Trinajstić information content (AvgIpc) is 2.51. The van der Waals surface area contributed by atoms with Gasteiger partial charge in [-0.05, 0) is 43.5 Å². The van der Waals surface area contributed by atoms with E-state index >= 15 is 0 Å². The third-order valence-electron chi connectivity index (χ3n) is 3.54. The second-order valence-corrected chi connectivity index (χ2v) is 5.04. The monoisotopic (exact) mass is 233 g/mol. The topological polar surface area (TPSA) is 30.5 Å². The summed E-state index contributed by atoms with van der Waals surface area (Å²) in [5, 5.41) is 3.56. The van der Waals surface area contributed by atoms with Gasteiger partial charge in [0, 0.05) is 18.5 Å². The fraction of sp³-hybridized carbons (Fsp3) is 0.571. The van der Waals surface area contributed by atoms with E-state index in [4.69, 9.17) is 9.47 Å². The summed E-state index contributed by atoms with van der Waals surface area (Å²) >= 11 is 0. The molecule has 0 aliphatic carbocycles. The van der Waals surface area contributed by atoms with Gasteiger partial charge in [0.25, 0.3) is 0 Å². The minimum absolute atomic E-state index is 0.394. The Morgan fingerprint density at radius 3 is 2.59 bits per heavy atom. The van der Waals surface area contributed by atoms with Gasteiger partial charge < -0.3 is 14.8 Å². The lowest BCUT2D eigenvalue weighted by atomic mass is 9.91. The number of hydrogen-bond acceptors (Lipinski definition) is 3. The first-order chi connectivity index (χ1) is 8.24. The highest BCUT2D eigenvalue weighted by atomic mass is 16.5. The SMILES string of the molecule is CC1Cc2cc3c(cc2C(C)N1)OCCCO3. The van der Waals surface area contributed by atoms with Crippen LogP contribution in [-0.4, -0.2) is 19.3 Å². The summed E-state index contributed by atoms with van der Waals surface area (Å²) in [5.41, 5.74) is 2.75. The van der Waals surface area contributed by atoms with Gasteiger partial charge in [-0.15, -0.1) is 0 Å². The van der Waals surface area contributed by atoms with Gasteiger partial charge in [-0.1, -0.05) is 0 Å². The van der Waals surface area contributed by atoms with Crippen LogP contribution in [0.4, 0.5) is 0 Å². The van der Waals surface area contributed by atoms with Gasteiger partial charge >= 0.3 is 0 Å². The Bertz CT molecular complexity index is 430. The van der Waals surface area contributed by atoms with Gasteiger partial charge in [0.1, 0.15) is 0 Å². The zero-order chi connectivity index (χ0) is 11.8. The van der Waals surface area contributed by atoms with E-state index in [-0.39, 0.29) is 0 Å². The highest BCUT2D eigenvalue weighted by molar-refractivity contribution is 5.49. The molecule has 3 rings (SSSR count). The molecule has 92 valence electrons. The Kier molecular flexibility index (Phi) is 2.71. The maximum absolute atomic E-state index is 5.74. The Hall–Kier alpha value is -1.22. The molecule has 1 N–H and O–H groups in total. The van der Waals surface area contributed by atoms with Gasteiger partial charge in [-0.3, -0.25) is 0 Å². The van der Waals surface area contributed by atoms with Crippen LogP contribution in [0.15, 0.2) is 12.1 Å². The first kappa shape index (κ1) is 10.9. The molecule has 0 fully saturated rings. The van der Waals surface area contributed by atoms with Crippen molar-refractivity contribution in [2.24, 2.45) is 0 Å². The van der Waals surface area contributed by atoms with Gasteiger partial charge in [-0.25, -0.2) is 0 Å². The van der Waals surface area contributed by atoms with Gasteiger partial charge in [0.15, 0.2) is 11.5 Å². The predicted molar refractivity (Wildman–Crippen MR) is 66.8 cm³/mol. The molecule has 1 aromatic rings. The van der Waals surface area contributed by atoms with Crippen LogP contribution in [0, 0.1) is 0 Å². The molecule has 2 heterocycles. The smallest absolute Gasteiger partial charge is 0.161 e. The molecule has 0 saturated heterocycles. The van der Waals surface area contributed by atoms with Crippen LogP contribution in [0.2, 0.25) is 0 Å². The average molecular weight is 233 g/mol. The van der Waals surface area contributed by atoms with E-state index in [1.165, 1.54) is 11.1 Å². The van der Waals surface area contributed by atoms with E-state index < -0.39 is 0 Å². The summed E-state index contributed by atoms with van der Waals surface area (Å²) in [6.07, 6.45) is 2.03. The molecular formula is C14H19NO2. The molecule has 2 aliphatic heterocycles. The van der Waals surface area contributed by atoms with Crippen molar-refractivity contribution in [1.82, 2.24) is 5.32 Å². The molecule has 0 radical (unpaired) electrons. The molecule has 0 aromatic heterocycles. The third-order valence-corrected chi connectivity index (χ3v) is 3.54. The summed E-state index contributed by atoms with van der Waals surface area (Å²) in [6.45, 7) is 5.94. The minimum Gasteiger partial charge on any atom is -0.490 e. The molecular weight excluding hydrogens is 214 g/mol. The van der Waals surface area contributed by atoms with Crippen LogP contribution in [0.1, 0.15) is 37.4 Å². The molecule has 0 amide bonds. The Labute approximate surface area is 102 Å². The van der Waals surface area contributed by atoms with E-state index in [0.717, 1.165) is 37.6 Å². The molecule has 1 aromatic carbocycles. The fourth-order valence-corrected chi connectivity index (χ4v) is 2.75. The molecule has 2 aliphatic rings. The fourth-order valence-electron chi connectivity index (χ4n) is 2.75. The van der Waals surface area contributed by atoms with Crippen molar-refractivity contribution < 1.29 is 9.47 Å². The second-order valence-electron chi connectivity index (χ2n) is 5.04. The van der Waals surface area contributed by atoms with Crippen molar-refractivity contribution in [2.75, 3.05) is 13.2 Å². The number of rotatable bonds is 0. The van der Waals surface area contributed by atoms with Crippen LogP contribution in [0.5, 0.6) is 11.5 Å². The molecule has 0 saturated carbocycles. The normalized spacial score (nSPS) is 27.2. The number of hydrogen-bond donors (Lipinski definition) is 1. The summed E-state index contributed by atoms with van der Waals surface area (Å²) in [6, 6.07) is 5.25.